The predicted octanol–water partition coefficient (Wildman–Crippen LogP) is 4.21. The van der Waals surface area contributed by atoms with Crippen molar-refractivity contribution < 1.29 is 4.79 Å². The highest BCUT2D eigenvalue weighted by atomic mass is 35.5. The Labute approximate surface area is 142 Å². The van der Waals surface area contributed by atoms with Crippen LogP contribution in [-0.2, 0) is 0 Å². The number of anilines is 1. The van der Waals surface area contributed by atoms with Crippen LogP contribution in [0.2, 0.25) is 5.02 Å². The van der Waals surface area contributed by atoms with E-state index >= 15 is 0 Å². The lowest BCUT2D eigenvalue weighted by Gasteiger charge is -2.11. The van der Waals surface area contributed by atoms with Crippen LogP contribution in [0, 0.1) is 0 Å². The van der Waals surface area contributed by atoms with Crippen LogP contribution >= 0.6 is 11.6 Å². The quantitative estimate of drug-likeness (QED) is 0.610. The highest BCUT2D eigenvalue weighted by Gasteiger charge is 2.01. The van der Waals surface area contributed by atoms with Crippen LogP contribution in [0.3, 0.4) is 0 Å². The highest BCUT2D eigenvalue weighted by Crippen LogP contribution is 2.13. The van der Waals surface area contributed by atoms with E-state index in [4.69, 9.17) is 11.6 Å². The first kappa shape index (κ1) is 17.3. The predicted molar refractivity (Wildman–Crippen MR) is 98.3 cm³/mol. The molecule has 2 rings (SSSR count). The lowest BCUT2D eigenvalue weighted by atomic mass is 10.1. The van der Waals surface area contributed by atoms with E-state index in [2.05, 4.69) is 10.2 Å². The molecule has 0 heterocycles. The van der Waals surface area contributed by atoms with Crippen LogP contribution < -0.4 is 5.32 Å². The third-order valence-electron chi connectivity index (χ3n) is 3.35. The maximum Gasteiger partial charge on any atom is 0.185 e. The van der Waals surface area contributed by atoms with Crippen LogP contribution in [0.1, 0.15) is 15.9 Å². The topological polar surface area (TPSA) is 32.3 Å². The van der Waals surface area contributed by atoms with Gasteiger partial charge in [-0.1, -0.05) is 29.8 Å². The molecule has 0 aliphatic heterocycles. The summed E-state index contributed by atoms with van der Waals surface area (Å²) in [5.74, 6) is -0.0325. The molecule has 0 spiro atoms. The SMILES string of the molecule is CN(C)CCNc1ccc(C=CC(=O)c2ccc(Cl)cc2)cc1. The number of hydrogen-bond acceptors (Lipinski definition) is 3. The summed E-state index contributed by atoms with van der Waals surface area (Å²) in [7, 11) is 4.10. The molecule has 0 aliphatic carbocycles. The molecule has 0 unspecified atom stereocenters. The van der Waals surface area contributed by atoms with Crippen molar-refractivity contribution in [3.8, 4) is 0 Å². The Balaban J connectivity index is 1.92. The van der Waals surface area contributed by atoms with Gasteiger partial charge in [0.1, 0.15) is 0 Å². The molecule has 0 amide bonds. The molecule has 1 N–H and O–H groups in total. The van der Waals surface area contributed by atoms with E-state index in [1.54, 1.807) is 30.3 Å². The van der Waals surface area contributed by atoms with Crippen LogP contribution in [0.15, 0.2) is 54.6 Å². The lowest BCUT2D eigenvalue weighted by Crippen LogP contribution is -2.20. The standard InChI is InChI=1S/C19H21ClN2O/c1-22(2)14-13-21-18-10-3-15(4-11-18)5-12-19(23)16-6-8-17(20)9-7-16/h3-12,21H,13-14H2,1-2H3. The van der Waals surface area contributed by atoms with Crippen molar-refractivity contribution in [1.82, 2.24) is 4.90 Å². The molecule has 4 heteroatoms. The minimum absolute atomic E-state index is 0.0325. The summed E-state index contributed by atoms with van der Waals surface area (Å²) >= 11 is 5.82. The van der Waals surface area contributed by atoms with E-state index in [-0.39, 0.29) is 5.78 Å². The summed E-state index contributed by atoms with van der Waals surface area (Å²) in [5, 5.41) is 3.98. The molecule has 0 saturated carbocycles. The van der Waals surface area contributed by atoms with Gasteiger partial charge in [-0.25, -0.2) is 0 Å². The molecule has 0 saturated heterocycles. The zero-order chi connectivity index (χ0) is 16.7. The van der Waals surface area contributed by atoms with Gasteiger partial charge in [0.25, 0.3) is 0 Å². The zero-order valence-corrected chi connectivity index (χ0v) is 14.2. The lowest BCUT2D eigenvalue weighted by molar-refractivity contribution is 0.104. The Bertz CT molecular complexity index is 661. The smallest absolute Gasteiger partial charge is 0.185 e. The molecule has 23 heavy (non-hydrogen) atoms. The molecule has 0 fully saturated rings. The Kier molecular flexibility index (Phi) is 6.39. The van der Waals surface area contributed by atoms with Gasteiger partial charge < -0.3 is 10.2 Å². The van der Waals surface area contributed by atoms with E-state index in [1.807, 2.05) is 44.4 Å². The number of halogens is 1. The summed E-state index contributed by atoms with van der Waals surface area (Å²) in [6.45, 7) is 1.88. The minimum Gasteiger partial charge on any atom is -0.384 e. The van der Waals surface area contributed by atoms with Crippen LogP contribution in [0.4, 0.5) is 5.69 Å². The van der Waals surface area contributed by atoms with Crippen molar-refractivity contribution in [1.29, 1.82) is 0 Å². The molecule has 0 radical (unpaired) electrons. The molecule has 3 nitrogen and oxygen atoms in total. The number of hydrogen-bond donors (Lipinski definition) is 1. The number of benzene rings is 2. The van der Waals surface area contributed by atoms with Crippen LogP contribution in [0.5, 0.6) is 0 Å². The average Bonchev–Trinajstić information content (AvgIpc) is 2.54. The van der Waals surface area contributed by atoms with E-state index in [9.17, 15) is 4.79 Å². The number of ketones is 1. The maximum absolute atomic E-state index is 12.1. The van der Waals surface area contributed by atoms with E-state index in [1.165, 1.54) is 0 Å². The first-order valence-corrected chi connectivity index (χ1v) is 7.89. The Morgan fingerprint density at radius 1 is 1.09 bits per heavy atom. The van der Waals surface area contributed by atoms with Crippen molar-refractivity contribution in [3.05, 3.63) is 70.8 Å². The summed E-state index contributed by atoms with van der Waals surface area (Å²) in [5.41, 5.74) is 2.70. The second kappa shape index (κ2) is 8.51. The van der Waals surface area contributed by atoms with Gasteiger partial charge in [-0.05, 0) is 62.1 Å². The fourth-order valence-electron chi connectivity index (χ4n) is 2.02. The number of nitrogens with one attached hydrogen (secondary N) is 1. The minimum atomic E-state index is -0.0325. The van der Waals surface area contributed by atoms with Crippen molar-refractivity contribution >= 4 is 29.1 Å². The number of nitrogens with zero attached hydrogens (tertiary/aromatic N) is 1. The normalized spacial score (nSPS) is 11.1. The second-order valence-electron chi connectivity index (χ2n) is 5.56. The number of rotatable bonds is 7. The fourth-order valence-corrected chi connectivity index (χ4v) is 2.14. The first-order chi connectivity index (χ1) is 11.0. The monoisotopic (exact) mass is 328 g/mol. The molecule has 0 bridgehead atoms. The van der Waals surface area contributed by atoms with Gasteiger partial charge in [-0.2, -0.15) is 0 Å². The molecule has 2 aromatic carbocycles. The van der Waals surface area contributed by atoms with Gasteiger partial charge in [0.15, 0.2) is 5.78 Å². The molecular weight excluding hydrogens is 308 g/mol. The summed E-state index contributed by atoms with van der Waals surface area (Å²) in [4.78, 5) is 14.2. The molecule has 120 valence electrons. The number of likely N-dealkylation sites (N-methyl/N-ethyl adjacent to an activating group) is 1. The third-order valence-corrected chi connectivity index (χ3v) is 3.61. The Morgan fingerprint density at radius 2 is 1.74 bits per heavy atom. The van der Waals surface area contributed by atoms with Gasteiger partial charge in [0.05, 0.1) is 0 Å². The number of carbonyl (C=O) groups is 1. The molecule has 2 aromatic rings. The van der Waals surface area contributed by atoms with Gasteiger partial charge in [0.2, 0.25) is 0 Å². The van der Waals surface area contributed by atoms with Gasteiger partial charge in [-0.3, -0.25) is 4.79 Å². The van der Waals surface area contributed by atoms with Crippen LogP contribution in [-0.4, -0.2) is 37.9 Å². The van der Waals surface area contributed by atoms with Crippen LogP contribution in [0.25, 0.3) is 6.08 Å². The van der Waals surface area contributed by atoms with Crippen molar-refractivity contribution in [2.45, 2.75) is 0 Å². The maximum atomic E-state index is 12.1. The molecule has 0 aliphatic rings. The van der Waals surface area contributed by atoms with Crippen molar-refractivity contribution in [3.63, 3.8) is 0 Å². The highest BCUT2D eigenvalue weighted by molar-refractivity contribution is 6.30. The van der Waals surface area contributed by atoms with Crippen molar-refractivity contribution in [2.75, 3.05) is 32.5 Å². The summed E-state index contributed by atoms with van der Waals surface area (Å²) in [6, 6.07) is 14.9. The largest absolute Gasteiger partial charge is 0.384 e. The first-order valence-electron chi connectivity index (χ1n) is 7.51. The Morgan fingerprint density at radius 3 is 2.35 bits per heavy atom. The molecule has 0 aromatic heterocycles. The van der Waals surface area contributed by atoms with E-state index in [0.717, 1.165) is 24.3 Å². The van der Waals surface area contributed by atoms with Gasteiger partial charge in [0, 0.05) is 29.4 Å². The summed E-state index contributed by atoms with van der Waals surface area (Å²) < 4.78 is 0. The van der Waals surface area contributed by atoms with Gasteiger partial charge >= 0.3 is 0 Å². The third kappa shape index (κ3) is 5.89. The van der Waals surface area contributed by atoms with E-state index in [0.29, 0.717) is 10.6 Å². The fraction of sp³-hybridized carbons (Fsp3) is 0.211. The number of carbonyl (C=O) groups excluding carboxylic acids is 1. The molecular formula is C19H21ClN2O. The number of allylic oxidation sites excluding steroid dienone is 1. The average molecular weight is 329 g/mol. The summed E-state index contributed by atoms with van der Waals surface area (Å²) in [6.07, 6.45) is 3.40. The van der Waals surface area contributed by atoms with Crippen molar-refractivity contribution in [2.24, 2.45) is 0 Å². The van der Waals surface area contributed by atoms with E-state index < -0.39 is 0 Å². The zero-order valence-electron chi connectivity index (χ0n) is 13.4. The molecule has 0 atom stereocenters. The van der Waals surface area contributed by atoms with Gasteiger partial charge in [-0.15, -0.1) is 0 Å². The Hall–Kier alpha value is -2.10. The second-order valence-corrected chi connectivity index (χ2v) is 5.99.